The molecule has 2 amide bonds. The second kappa shape index (κ2) is 10.4. The molecule has 0 aromatic heterocycles. The number of rotatable bonds is 5. The molecule has 4 aliphatic heterocycles. The van der Waals surface area contributed by atoms with Crippen LogP contribution in [-0.2, 0) is 23.9 Å². The van der Waals surface area contributed by atoms with Crippen LogP contribution in [0.2, 0.25) is 5.02 Å². The standard InChI is InChI=1S/C32H33ClN2O6/c1-3-31-15-7-8-18-40-30(39)25(31)24-28(37)35(23(19-36)21-12-5-4-6-13-21)27-29(38)34(17-10-16-32(24,27)41-31)26-20(2)11-9-14-22(26)33/h4-7,9-16,23-25,27,36H,3,8,17-19H2,1-2H3/t23-,24+,25+,27?,31-,32+/m1/s1. The van der Waals surface area contributed by atoms with Gasteiger partial charge in [-0.05, 0) is 37.0 Å². The summed E-state index contributed by atoms with van der Waals surface area (Å²) >= 11 is 6.64. The van der Waals surface area contributed by atoms with E-state index in [-0.39, 0.29) is 13.2 Å². The monoisotopic (exact) mass is 576 g/mol. The van der Waals surface area contributed by atoms with Gasteiger partial charge < -0.3 is 24.4 Å². The number of halogens is 1. The van der Waals surface area contributed by atoms with Gasteiger partial charge >= 0.3 is 5.97 Å². The van der Waals surface area contributed by atoms with Gasteiger partial charge in [0.15, 0.2) is 0 Å². The van der Waals surface area contributed by atoms with E-state index in [9.17, 15) is 19.5 Å². The summed E-state index contributed by atoms with van der Waals surface area (Å²) in [7, 11) is 0. The number of amides is 2. The molecule has 1 unspecified atom stereocenters. The fourth-order valence-electron chi connectivity index (χ4n) is 7.20. The van der Waals surface area contributed by atoms with Crippen molar-refractivity contribution in [3.8, 4) is 0 Å². The number of hydrogen-bond acceptors (Lipinski definition) is 6. The molecule has 1 N–H and O–H groups in total. The molecule has 9 heteroatoms. The Bertz CT molecular complexity index is 1420. The average Bonchev–Trinajstić information content (AvgIpc) is 3.31. The summed E-state index contributed by atoms with van der Waals surface area (Å²) in [5, 5.41) is 11.1. The molecule has 0 bridgehead atoms. The number of carbonyl (C=O) groups excluding carboxylic acids is 3. The minimum atomic E-state index is -1.48. The van der Waals surface area contributed by atoms with Crippen LogP contribution in [-0.4, -0.2) is 64.8 Å². The third-order valence-corrected chi connectivity index (χ3v) is 9.30. The first-order valence-corrected chi connectivity index (χ1v) is 14.4. The highest BCUT2D eigenvalue weighted by Crippen LogP contribution is 2.59. The minimum Gasteiger partial charge on any atom is -0.465 e. The van der Waals surface area contributed by atoms with Crippen LogP contribution >= 0.6 is 11.6 Å². The van der Waals surface area contributed by atoms with Gasteiger partial charge in [-0.1, -0.05) is 85.3 Å². The second-order valence-corrected chi connectivity index (χ2v) is 11.5. The van der Waals surface area contributed by atoms with Crippen LogP contribution in [0.3, 0.4) is 0 Å². The number of nitrogens with zero attached hydrogens (tertiary/aromatic N) is 2. The number of likely N-dealkylation sites (tertiary alicyclic amines) is 1. The predicted molar refractivity (Wildman–Crippen MR) is 153 cm³/mol. The van der Waals surface area contributed by atoms with E-state index in [0.717, 1.165) is 5.56 Å². The Kier molecular flexibility index (Phi) is 7.04. The molecule has 2 aromatic rings. The molecule has 41 heavy (non-hydrogen) atoms. The molecule has 0 aliphatic carbocycles. The lowest BCUT2D eigenvalue weighted by Crippen LogP contribution is -2.57. The molecule has 2 aromatic carbocycles. The molecule has 4 heterocycles. The summed E-state index contributed by atoms with van der Waals surface area (Å²) in [4.78, 5) is 46.2. The van der Waals surface area contributed by atoms with E-state index < -0.39 is 59.5 Å². The number of fused-ring (bicyclic) bond motifs is 2. The van der Waals surface area contributed by atoms with Crippen molar-refractivity contribution in [1.29, 1.82) is 0 Å². The molecular formula is C32H33ClN2O6. The molecule has 2 fully saturated rings. The smallest absolute Gasteiger partial charge is 0.313 e. The quantitative estimate of drug-likeness (QED) is 0.424. The number of ether oxygens (including phenoxy) is 2. The van der Waals surface area contributed by atoms with Gasteiger partial charge in [0.05, 0.1) is 35.9 Å². The molecule has 1 spiro atoms. The Morgan fingerprint density at radius 2 is 1.80 bits per heavy atom. The van der Waals surface area contributed by atoms with E-state index in [1.54, 1.807) is 17.0 Å². The van der Waals surface area contributed by atoms with Crippen LogP contribution in [0.1, 0.15) is 36.9 Å². The summed E-state index contributed by atoms with van der Waals surface area (Å²) in [6.45, 7) is 3.75. The predicted octanol–water partition coefficient (Wildman–Crippen LogP) is 4.15. The minimum absolute atomic E-state index is 0.193. The van der Waals surface area contributed by atoms with Crippen molar-refractivity contribution >= 4 is 35.1 Å². The Labute approximate surface area is 244 Å². The molecule has 8 nitrogen and oxygen atoms in total. The number of hydrogen-bond donors (Lipinski definition) is 1. The number of aryl methyl sites for hydroxylation is 1. The Morgan fingerprint density at radius 1 is 1.02 bits per heavy atom. The number of esters is 1. The fourth-order valence-corrected chi connectivity index (χ4v) is 7.52. The fraction of sp³-hybridized carbons (Fsp3) is 0.406. The van der Waals surface area contributed by atoms with Crippen molar-refractivity contribution in [3.63, 3.8) is 0 Å². The van der Waals surface area contributed by atoms with E-state index in [0.29, 0.717) is 29.1 Å². The number of anilines is 1. The van der Waals surface area contributed by atoms with Crippen LogP contribution in [0.15, 0.2) is 72.8 Å². The number of aliphatic hydroxyl groups excluding tert-OH is 1. The zero-order chi connectivity index (χ0) is 28.9. The lowest BCUT2D eigenvalue weighted by Gasteiger charge is -2.41. The van der Waals surface area contributed by atoms with Crippen molar-refractivity contribution in [2.45, 2.75) is 50.0 Å². The maximum absolute atomic E-state index is 14.8. The zero-order valence-electron chi connectivity index (χ0n) is 23.0. The SMILES string of the molecule is CC[C@@]12C=CCCOC(=O)[C@@H]1[C@H]1C(=O)N([C@H](CO)c3ccccc3)C3C(=O)N(c4c(C)cccc4Cl)CC=C[C@@]31O2. The average molecular weight is 577 g/mol. The van der Waals surface area contributed by atoms with Gasteiger partial charge in [-0.25, -0.2) is 0 Å². The third kappa shape index (κ3) is 4.07. The van der Waals surface area contributed by atoms with Crippen molar-refractivity contribution < 1.29 is 29.0 Å². The summed E-state index contributed by atoms with van der Waals surface area (Å²) in [5.74, 6) is -3.34. The molecule has 6 rings (SSSR count). The highest BCUT2D eigenvalue weighted by atomic mass is 35.5. The van der Waals surface area contributed by atoms with Gasteiger partial charge in [0.1, 0.15) is 23.2 Å². The normalized spacial score (nSPS) is 31.6. The lowest BCUT2D eigenvalue weighted by atomic mass is 9.73. The molecule has 0 saturated carbocycles. The van der Waals surface area contributed by atoms with E-state index in [2.05, 4.69) is 0 Å². The van der Waals surface area contributed by atoms with Gasteiger partial charge in [-0.15, -0.1) is 0 Å². The van der Waals surface area contributed by atoms with Crippen LogP contribution in [0.25, 0.3) is 0 Å². The third-order valence-electron chi connectivity index (χ3n) is 8.99. The first-order valence-electron chi connectivity index (χ1n) is 14.1. The largest absolute Gasteiger partial charge is 0.465 e. The molecule has 4 aliphatic rings. The van der Waals surface area contributed by atoms with E-state index in [1.165, 1.54) is 4.90 Å². The van der Waals surface area contributed by atoms with Crippen molar-refractivity contribution in [2.75, 3.05) is 24.7 Å². The number of carbonyl (C=O) groups is 3. The topological polar surface area (TPSA) is 96.4 Å². The van der Waals surface area contributed by atoms with Gasteiger partial charge in [-0.3, -0.25) is 14.4 Å². The summed E-state index contributed by atoms with van der Waals surface area (Å²) < 4.78 is 12.6. The zero-order valence-corrected chi connectivity index (χ0v) is 23.8. The summed E-state index contributed by atoms with van der Waals surface area (Å²) in [5.41, 5.74) is -0.597. The number of benzene rings is 2. The van der Waals surface area contributed by atoms with Crippen molar-refractivity contribution in [1.82, 2.24) is 4.90 Å². The number of cyclic esters (lactones) is 1. The molecule has 214 valence electrons. The Morgan fingerprint density at radius 3 is 2.51 bits per heavy atom. The van der Waals surface area contributed by atoms with E-state index in [1.807, 2.05) is 74.5 Å². The van der Waals surface area contributed by atoms with Crippen LogP contribution < -0.4 is 4.90 Å². The summed E-state index contributed by atoms with van der Waals surface area (Å²) in [6, 6.07) is 12.5. The van der Waals surface area contributed by atoms with Crippen molar-refractivity contribution in [3.05, 3.63) is 89.0 Å². The highest BCUT2D eigenvalue weighted by Gasteiger charge is 2.76. The number of para-hydroxylation sites is 1. The first kappa shape index (κ1) is 27.7. The van der Waals surface area contributed by atoms with E-state index >= 15 is 0 Å². The van der Waals surface area contributed by atoms with Gasteiger partial charge in [0, 0.05) is 6.54 Å². The van der Waals surface area contributed by atoms with Gasteiger partial charge in [0.25, 0.3) is 5.91 Å². The Hall–Kier alpha value is -3.46. The maximum Gasteiger partial charge on any atom is 0.313 e. The molecule has 6 atom stereocenters. The first-order chi connectivity index (χ1) is 19.8. The molecule has 2 saturated heterocycles. The second-order valence-electron chi connectivity index (χ2n) is 11.1. The Balaban J connectivity index is 1.58. The molecular weight excluding hydrogens is 544 g/mol. The summed E-state index contributed by atoms with van der Waals surface area (Å²) in [6.07, 6.45) is 8.32. The van der Waals surface area contributed by atoms with Gasteiger partial charge in [-0.2, -0.15) is 0 Å². The highest BCUT2D eigenvalue weighted by molar-refractivity contribution is 6.34. The van der Waals surface area contributed by atoms with Crippen LogP contribution in [0.5, 0.6) is 0 Å². The van der Waals surface area contributed by atoms with Crippen LogP contribution in [0, 0.1) is 18.8 Å². The maximum atomic E-state index is 14.8. The van der Waals surface area contributed by atoms with Crippen LogP contribution in [0.4, 0.5) is 5.69 Å². The van der Waals surface area contributed by atoms with Gasteiger partial charge in [0.2, 0.25) is 5.91 Å². The van der Waals surface area contributed by atoms with E-state index in [4.69, 9.17) is 21.1 Å². The molecule has 0 radical (unpaired) electrons. The van der Waals surface area contributed by atoms with Crippen molar-refractivity contribution in [2.24, 2.45) is 11.8 Å². The lowest BCUT2D eigenvalue weighted by molar-refractivity contribution is -0.161. The number of aliphatic hydroxyl groups is 1.